The average Bonchev–Trinajstić information content (AvgIpc) is 1.74. The highest BCUT2D eigenvalue weighted by atomic mass is 35.5. The Hall–Kier alpha value is -10.7. The molecule has 11 N–H and O–H groups in total. The molecule has 9 heterocycles. The first kappa shape index (κ1) is 60.0. The van der Waals surface area contributed by atoms with Gasteiger partial charge in [-0.25, -0.2) is 39.5 Å². The van der Waals surface area contributed by atoms with Crippen molar-refractivity contribution in [3.63, 3.8) is 0 Å². The molecule has 15 rings (SSSR count). The minimum absolute atomic E-state index is 0.180. The number of nitrogens with two attached hydrogens (primary N) is 4. The van der Waals surface area contributed by atoms with Gasteiger partial charge in [-0.2, -0.15) is 9.97 Å². The third-order valence-electron chi connectivity index (χ3n) is 13.9. The lowest BCUT2D eigenvalue weighted by Crippen LogP contribution is -2.10. The lowest BCUT2D eigenvalue weighted by Gasteiger charge is -2.12. The van der Waals surface area contributed by atoms with E-state index in [2.05, 4.69) is 107 Å². The Kier molecular flexibility index (Phi) is 19.3. The van der Waals surface area contributed by atoms with E-state index in [1.54, 1.807) is 22.9 Å². The average molecular weight is 1240 g/mol. The maximum atomic E-state index is 6.17. The number of halogens is 3. The van der Waals surface area contributed by atoms with Crippen molar-refractivity contribution in [3.8, 4) is 5.95 Å². The molecule has 11 aromatic rings. The largest absolute Gasteiger partial charge is 0.398 e. The van der Waals surface area contributed by atoms with E-state index in [0.29, 0.717) is 84.6 Å². The van der Waals surface area contributed by atoms with Gasteiger partial charge < -0.3 is 38.9 Å². The summed E-state index contributed by atoms with van der Waals surface area (Å²) in [5.74, 6) is 3.81. The smallest absolute Gasteiger partial charge is 0.239 e. The van der Waals surface area contributed by atoms with Crippen molar-refractivity contribution >= 4 is 134 Å². The molecule has 5 aromatic heterocycles. The Bertz CT molecular complexity index is 4390. The third kappa shape index (κ3) is 15.3. The van der Waals surface area contributed by atoms with Crippen LogP contribution < -0.4 is 38.9 Å². The predicted molar refractivity (Wildman–Crippen MR) is 360 cm³/mol. The minimum Gasteiger partial charge on any atom is -0.398 e. The van der Waals surface area contributed by atoms with E-state index in [4.69, 9.17) is 67.7 Å². The number of imidazole rings is 1. The van der Waals surface area contributed by atoms with Gasteiger partial charge >= 0.3 is 0 Å². The molecule has 0 amide bonds. The Morgan fingerprint density at radius 1 is 0.382 bits per heavy atom. The fourth-order valence-electron chi connectivity index (χ4n) is 9.48. The molecule has 0 aliphatic carbocycles. The number of benzene rings is 6. The zero-order valence-electron chi connectivity index (χ0n) is 47.8. The van der Waals surface area contributed by atoms with Gasteiger partial charge in [0.1, 0.15) is 28.6 Å². The first-order valence-corrected chi connectivity index (χ1v) is 29.3. The van der Waals surface area contributed by atoms with Crippen LogP contribution in [0.4, 0.5) is 63.2 Å². The number of nitrogen functional groups attached to an aromatic ring is 4. The van der Waals surface area contributed by atoms with Crippen molar-refractivity contribution in [2.24, 2.45) is 20.0 Å². The van der Waals surface area contributed by atoms with E-state index in [0.717, 1.165) is 86.6 Å². The second kappa shape index (κ2) is 28.6. The van der Waals surface area contributed by atoms with Gasteiger partial charge in [0.2, 0.25) is 22.5 Å². The standard InChI is InChI=1S/C20H17N7.C20H19N5.C13H11ClN4.C6H3Cl2N3.C6H8N2/c21-19-24-14-8-4-5-9-16(14)27(19)20-25-15-10-11-22-17(15)18(26-20)23-12-13-6-2-1-3-7-13;21-16-9-5-4-8-15(16)12-18-24-17-10-11-22-19(17)20(25-18)23-13-14-6-2-1-3-7-14;14-13-17-10-6-7-15-11(10)12(18-13)16-8-9-4-2-1-3-5-9;7-5-4-3(1-2-9-4)10-6(8)11-5;7-5-3-1-2-4-6(5)8/h1-9,11H,10,12H2,(H2,21,24)(H,23,25,26);1-9,11H,10,12-13,21H2,(H,23,24,25);1-5,7H,6,8H2,(H,16,17,18);2H,1H2;1-4H,7-8H2. The summed E-state index contributed by atoms with van der Waals surface area (Å²) in [6.45, 7) is 2.04. The molecule has 0 unspecified atom stereocenters. The number of nitrogens with zero attached hydrogens (tertiary/aromatic N) is 14. The predicted octanol–water partition coefficient (Wildman–Crippen LogP) is 12.7. The number of rotatable bonds is 12. The molecule has 21 nitrogen and oxygen atoms in total. The number of nitrogens with one attached hydrogen (secondary N) is 3. The molecule has 4 aliphatic rings. The summed E-state index contributed by atoms with van der Waals surface area (Å²) in [7, 11) is 0. The zero-order chi connectivity index (χ0) is 61.5. The summed E-state index contributed by atoms with van der Waals surface area (Å²) in [5, 5.41) is 10.8. The van der Waals surface area contributed by atoms with Gasteiger partial charge in [-0.1, -0.05) is 145 Å². The summed E-state index contributed by atoms with van der Waals surface area (Å²) in [5.41, 5.74) is 38.0. The number of hydrogen-bond donors (Lipinski definition) is 7. The lowest BCUT2D eigenvalue weighted by atomic mass is 10.1. The highest BCUT2D eigenvalue weighted by molar-refractivity contribution is 6.34. The summed E-state index contributed by atoms with van der Waals surface area (Å²) in [6, 6.07) is 53.4. The van der Waals surface area contributed by atoms with Gasteiger partial charge in [0.25, 0.3) is 0 Å². The number of aliphatic imine (C=N–C) groups is 4. The Morgan fingerprint density at radius 2 is 0.798 bits per heavy atom. The van der Waals surface area contributed by atoms with Crippen LogP contribution in [-0.2, 0) is 51.7 Å². The van der Waals surface area contributed by atoms with Crippen LogP contribution in [0, 0.1) is 0 Å². The highest BCUT2D eigenvalue weighted by Crippen LogP contribution is 2.35. The molecule has 0 saturated carbocycles. The first-order chi connectivity index (χ1) is 43.5. The van der Waals surface area contributed by atoms with Gasteiger partial charge in [0.05, 0.1) is 45.2 Å². The Labute approximate surface area is 527 Å². The van der Waals surface area contributed by atoms with Crippen molar-refractivity contribution in [2.75, 3.05) is 38.9 Å². The van der Waals surface area contributed by atoms with Crippen LogP contribution in [0.5, 0.6) is 0 Å². The quantitative estimate of drug-likeness (QED) is 0.0340. The van der Waals surface area contributed by atoms with Gasteiger partial charge in [-0.05, 0) is 75.8 Å². The van der Waals surface area contributed by atoms with E-state index >= 15 is 0 Å². The molecule has 0 saturated heterocycles. The molecule has 6 aromatic carbocycles. The maximum Gasteiger partial charge on any atom is 0.239 e. The fraction of sp³-hybridized carbons (Fsp3) is 0.123. The topological polar surface area (TPSA) is 311 Å². The van der Waals surface area contributed by atoms with E-state index < -0.39 is 0 Å². The number of para-hydroxylation sites is 5. The summed E-state index contributed by atoms with van der Waals surface area (Å²) in [4.78, 5) is 56.4. The summed E-state index contributed by atoms with van der Waals surface area (Å²) < 4.78 is 1.78. The molecule has 0 atom stereocenters. The van der Waals surface area contributed by atoms with Gasteiger partial charge in [0, 0.05) is 82.3 Å². The molecule has 89 heavy (non-hydrogen) atoms. The van der Waals surface area contributed by atoms with Crippen molar-refractivity contribution in [1.29, 1.82) is 0 Å². The molecule has 24 heteroatoms. The van der Waals surface area contributed by atoms with Crippen LogP contribution in [0.1, 0.15) is 50.9 Å². The highest BCUT2D eigenvalue weighted by Gasteiger charge is 2.22. The normalized spacial score (nSPS) is 12.2. The van der Waals surface area contributed by atoms with Gasteiger partial charge in [-0.3, -0.25) is 20.0 Å². The zero-order valence-corrected chi connectivity index (χ0v) is 50.0. The lowest BCUT2D eigenvalue weighted by molar-refractivity contribution is 0.933. The van der Waals surface area contributed by atoms with Crippen LogP contribution in [0.15, 0.2) is 184 Å². The summed E-state index contributed by atoms with van der Waals surface area (Å²) in [6.07, 6.45) is 10.7. The number of fused-ring (bicyclic) bond motifs is 5. The van der Waals surface area contributed by atoms with Gasteiger partial charge in [0.15, 0.2) is 22.6 Å². The van der Waals surface area contributed by atoms with Crippen molar-refractivity contribution in [3.05, 3.63) is 230 Å². The van der Waals surface area contributed by atoms with Crippen molar-refractivity contribution < 1.29 is 0 Å². The van der Waals surface area contributed by atoms with Crippen LogP contribution in [-0.4, -0.2) is 74.3 Å². The molecule has 0 bridgehead atoms. The molecular weight excluding hydrogens is 1180 g/mol. The van der Waals surface area contributed by atoms with E-state index in [1.165, 1.54) is 16.7 Å². The molecule has 4 aliphatic heterocycles. The SMILES string of the molecule is Clc1nc(Cl)c2c(n1)CC=N2.Clc1nc2c(c(NCc3ccccc3)n1)N=CC2.Nc1ccccc1Cc1nc2c(c(NCc3ccccc3)n1)N=CC2.Nc1ccccc1N.Nc1nc2ccccc2n1-c1nc2c(c(NCc3ccccc3)n1)N=CC2. The Balaban J connectivity index is 0.000000121. The van der Waals surface area contributed by atoms with E-state index in [1.807, 2.05) is 134 Å². The second-order valence-electron chi connectivity index (χ2n) is 20.0. The van der Waals surface area contributed by atoms with Crippen LogP contribution in [0.25, 0.3) is 17.0 Å². The van der Waals surface area contributed by atoms with Crippen molar-refractivity contribution in [1.82, 2.24) is 49.4 Å². The first-order valence-electron chi connectivity index (χ1n) is 28.2. The monoisotopic (exact) mass is 1240 g/mol. The molecular formula is C65H58Cl3N21. The molecule has 0 fully saturated rings. The fourth-order valence-corrected chi connectivity index (χ4v) is 10.1. The van der Waals surface area contributed by atoms with Crippen LogP contribution >= 0.6 is 34.8 Å². The summed E-state index contributed by atoms with van der Waals surface area (Å²) >= 11 is 17.2. The van der Waals surface area contributed by atoms with Crippen LogP contribution in [0.2, 0.25) is 15.7 Å². The number of hydrogen-bond acceptors (Lipinski definition) is 20. The maximum absolute atomic E-state index is 6.17. The molecule has 0 spiro atoms. The molecule has 0 radical (unpaired) electrons. The second-order valence-corrected chi connectivity index (χ2v) is 21.1. The van der Waals surface area contributed by atoms with E-state index in [9.17, 15) is 0 Å². The third-order valence-corrected chi connectivity index (χ3v) is 14.5. The van der Waals surface area contributed by atoms with Crippen LogP contribution in [0.3, 0.4) is 0 Å². The Morgan fingerprint density at radius 3 is 1.33 bits per heavy atom. The van der Waals surface area contributed by atoms with Gasteiger partial charge in [-0.15, -0.1) is 0 Å². The van der Waals surface area contributed by atoms with Crippen molar-refractivity contribution in [2.45, 2.75) is 51.7 Å². The minimum atomic E-state index is 0.180. The molecule has 444 valence electrons. The number of anilines is 7. The number of aromatic nitrogens is 10. The van der Waals surface area contributed by atoms with E-state index in [-0.39, 0.29) is 10.6 Å².